The Morgan fingerprint density at radius 1 is 1.50 bits per heavy atom. The van der Waals surface area contributed by atoms with E-state index >= 15 is 0 Å². The molecule has 0 unspecified atom stereocenters. The predicted octanol–water partition coefficient (Wildman–Crippen LogP) is 1.03. The van der Waals surface area contributed by atoms with Gasteiger partial charge in [-0.1, -0.05) is 6.92 Å². The largest absolute Gasteiger partial charge is 0.465 e. The number of carbonyl (C=O) groups is 1. The quantitative estimate of drug-likeness (QED) is 0.592. The molecule has 3 nitrogen and oxygen atoms in total. The molecule has 0 aromatic carbocycles. The highest BCUT2D eigenvalue weighted by Crippen LogP contribution is 2.41. The Morgan fingerprint density at radius 2 is 2.08 bits per heavy atom. The third-order valence-corrected chi connectivity index (χ3v) is 2.58. The van der Waals surface area contributed by atoms with E-state index in [0.717, 1.165) is 19.4 Å². The van der Waals surface area contributed by atoms with Gasteiger partial charge in [0.15, 0.2) is 0 Å². The molecular formula is C9H17NO2. The second-order valence-corrected chi connectivity index (χ2v) is 3.27. The Hall–Kier alpha value is -0.570. The van der Waals surface area contributed by atoms with Crippen LogP contribution in [0.4, 0.5) is 0 Å². The molecule has 1 aliphatic carbocycles. The van der Waals surface area contributed by atoms with Gasteiger partial charge >= 0.3 is 5.97 Å². The first kappa shape index (κ1) is 9.52. The van der Waals surface area contributed by atoms with E-state index in [4.69, 9.17) is 4.74 Å². The number of ether oxygens (including phenoxy) is 1. The summed E-state index contributed by atoms with van der Waals surface area (Å²) in [5.41, 5.74) is -0.259. The Labute approximate surface area is 73.7 Å². The molecule has 1 aliphatic rings. The third kappa shape index (κ3) is 1.46. The SMILES string of the molecule is CCOC(=O)C1(N(C)CC)CC1. The minimum atomic E-state index is -0.259. The van der Waals surface area contributed by atoms with Gasteiger partial charge in [-0.25, -0.2) is 0 Å². The van der Waals surface area contributed by atoms with Crippen molar-refractivity contribution in [1.29, 1.82) is 0 Å². The van der Waals surface area contributed by atoms with Gasteiger partial charge in [0.2, 0.25) is 0 Å². The molecule has 3 heteroatoms. The van der Waals surface area contributed by atoms with Crippen molar-refractivity contribution < 1.29 is 9.53 Å². The van der Waals surface area contributed by atoms with Crippen molar-refractivity contribution in [2.75, 3.05) is 20.2 Å². The van der Waals surface area contributed by atoms with Crippen molar-refractivity contribution in [3.05, 3.63) is 0 Å². The van der Waals surface area contributed by atoms with Crippen molar-refractivity contribution in [2.24, 2.45) is 0 Å². The zero-order valence-electron chi connectivity index (χ0n) is 8.09. The minimum Gasteiger partial charge on any atom is -0.465 e. The summed E-state index contributed by atoms with van der Waals surface area (Å²) in [6.07, 6.45) is 1.91. The molecule has 0 amide bonds. The summed E-state index contributed by atoms with van der Waals surface area (Å²) in [6, 6.07) is 0. The number of esters is 1. The number of rotatable bonds is 4. The van der Waals surface area contributed by atoms with E-state index in [1.807, 2.05) is 14.0 Å². The molecule has 0 radical (unpaired) electrons. The van der Waals surface area contributed by atoms with Crippen LogP contribution in [0.5, 0.6) is 0 Å². The van der Waals surface area contributed by atoms with Crippen LogP contribution in [0.15, 0.2) is 0 Å². The summed E-state index contributed by atoms with van der Waals surface area (Å²) in [4.78, 5) is 13.5. The monoisotopic (exact) mass is 171 g/mol. The number of hydrogen-bond donors (Lipinski definition) is 0. The van der Waals surface area contributed by atoms with Crippen LogP contribution in [-0.2, 0) is 9.53 Å². The fraction of sp³-hybridized carbons (Fsp3) is 0.889. The number of carbonyl (C=O) groups excluding carboxylic acids is 1. The van der Waals surface area contributed by atoms with Gasteiger partial charge < -0.3 is 4.74 Å². The van der Waals surface area contributed by atoms with Crippen LogP contribution in [0.2, 0.25) is 0 Å². The third-order valence-electron chi connectivity index (χ3n) is 2.58. The number of likely N-dealkylation sites (N-methyl/N-ethyl adjacent to an activating group) is 1. The fourth-order valence-corrected chi connectivity index (χ4v) is 1.43. The standard InChI is InChI=1S/C9H17NO2/c1-4-10(3)9(6-7-9)8(11)12-5-2/h4-7H2,1-3H3. The summed E-state index contributed by atoms with van der Waals surface area (Å²) in [5.74, 6) is -0.0469. The molecule has 0 bridgehead atoms. The summed E-state index contributed by atoms with van der Waals surface area (Å²) < 4.78 is 5.01. The maximum atomic E-state index is 11.5. The molecule has 0 aromatic heterocycles. The number of hydrogen-bond acceptors (Lipinski definition) is 3. The normalized spacial score (nSPS) is 19.3. The Morgan fingerprint density at radius 3 is 2.42 bits per heavy atom. The maximum Gasteiger partial charge on any atom is 0.326 e. The van der Waals surface area contributed by atoms with Crippen LogP contribution in [0.25, 0.3) is 0 Å². The van der Waals surface area contributed by atoms with Crippen molar-refractivity contribution in [2.45, 2.75) is 32.2 Å². The minimum absolute atomic E-state index is 0.0469. The first-order chi connectivity index (χ1) is 5.67. The topological polar surface area (TPSA) is 29.5 Å². The van der Waals surface area contributed by atoms with Gasteiger partial charge in [-0.3, -0.25) is 9.69 Å². The van der Waals surface area contributed by atoms with E-state index in [-0.39, 0.29) is 11.5 Å². The van der Waals surface area contributed by atoms with Gasteiger partial charge in [0, 0.05) is 0 Å². The van der Waals surface area contributed by atoms with Crippen LogP contribution in [0.1, 0.15) is 26.7 Å². The van der Waals surface area contributed by atoms with Gasteiger partial charge in [-0.15, -0.1) is 0 Å². The van der Waals surface area contributed by atoms with Crippen LogP contribution < -0.4 is 0 Å². The Bertz CT molecular complexity index is 175. The summed E-state index contributed by atoms with van der Waals surface area (Å²) in [5, 5.41) is 0. The van der Waals surface area contributed by atoms with Gasteiger partial charge in [0.25, 0.3) is 0 Å². The Balaban J connectivity index is 2.53. The van der Waals surface area contributed by atoms with E-state index in [0.29, 0.717) is 6.61 Å². The molecule has 0 spiro atoms. The summed E-state index contributed by atoms with van der Waals surface area (Å²) in [6.45, 7) is 5.29. The van der Waals surface area contributed by atoms with E-state index in [9.17, 15) is 4.79 Å². The molecule has 1 rings (SSSR count). The van der Waals surface area contributed by atoms with Crippen molar-refractivity contribution in [3.63, 3.8) is 0 Å². The van der Waals surface area contributed by atoms with Gasteiger partial charge in [0.05, 0.1) is 6.61 Å². The smallest absolute Gasteiger partial charge is 0.326 e. The van der Waals surface area contributed by atoms with Gasteiger partial charge in [-0.2, -0.15) is 0 Å². The second-order valence-electron chi connectivity index (χ2n) is 3.27. The zero-order valence-corrected chi connectivity index (χ0v) is 8.09. The van der Waals surface area contributed by atoms with Crippen molar-refractivity contribution >= 4 is 5.97 Å². The molecule has 0 N–H and O–H groups in total. The lowest BCUT2D eigenvalue weighted by atomic mass is 10.2. The highest BCUT2D eigenvalue weighted by atomic mass is 16.5. The fourth-order valence-electron chi connectivity index (χ4n) is 1.43. The highest BCUT2D eigenvalue weighted by molar-refractivity contribution is 5.84. The van der Waals surface area contributed by atoms with E-state index < -0.39 is 0 Å². The van der Waals surface area contributed by atoms with E-state index in [1.165, 1.54) is 0 Å². The van der Waals surface area contributed by atoms with Gasteiger partial charge in [-0.05, 0) is 33.4 Å². The average molecular weight is 171 g/mol. The summed E-state index contributed by atoms with van der Waals surface area (Å²) >= 11 is 0. The lowest BCUT2D eigenvalue weighted by molar-refractivity contribution is -0.150. The first-order valence-corrected chi connectivity index (χ1v) is 4.56. The maximum absolute atomic E-state index is 11.5. The van der Waals surface area contributed by atoms with E-state index in [1.54, 1.807) is 0 Å². The van der Waals surface area contributed by atoms with Crippen molar-refractivity contribution in [1.82, 2.24) is 4.90 Å². The van der Waals surface area contributed by atoms with Crippen molar-refractivity contribution in [3.8, 4) is 0 Å². The molecule has 0 aromatic rings. The molecule has 1 saturated carbocycles. The molecule has 1 fully saturated rings. The second kappa shape index (κ2) is 3.44. The molecule has 0 saturated heterocycles. The van der Waals surface area contributed by atoms with Gasteiger partial charge in [0.1, 0.15) is 5.54 Å². The Kier molecular flexibility index (Phi) is 2.73. The molecule has 0 heterocycles. The molecule has 0 aliphatic heterocycles. The van der Waals surface area contributed by atoms with Crippen LogP contribution in [-0.4, -0.2) is 36.6 Å². The molecular weight excluding hydrogens is 154 g/mol. The number of nitrogens with zero attached hydrogens (tertiary/aromatic N) is 1. The highest BCUT2D eigenvalue weighted by Gasteiger charge is 2.54. The van der Waals surface area contributed by atoms with Crippen LogP contribution >= 0.6 is 0 Å². The lowest BCUT2D eigenvalue weighted by Crippen LogP contribution is -2.41. The first-order valence-electron chi connectivity index (χ1n) is 4.56. The molecule has 70 valence electrons. The van der Waals surface area contributed by atoms with Crippen LogP contribution in [0, 0.1) is 0 Å². The lowest BCUT2D eigenvalue weighted by Gasteiger charge is -2.24. The average Bonchev–Trinajstić information content (AvgIpc) is 2.84. The zero-order chi connectivity index (χ0) is 9.19. The molecule has 0 atom stereocenters. The predicted molar refractivity (Wildman–Crippen MR) is 46.9 cm³/mol. The summed E-state index contributed by atoms with van der Waals surface area (Å²) in [7, 11) is 1.98. The molecule has 12 heavy (non-hydrogen) atoms. The van der Waals surface area contributed by atoms with Crippen LogP contribution in [0.3, 0.4) is 0 Å². The van der Waals surface area contributed by atoms with E-state index in [2.05, 4.69) is 11.8 Å².